The van der Waals surface area contributed by atoms with Crippen LogP contribution in [-0.2, 0) is 16.4 Å². The molecular formula is C12H18N2O3S. The summed E-state index contributed by atoms with van der Waals surface area (Å²) in [6.07, 6.45) is 1.92. The number of nitrogens with two attached hydrogens (primary N) is 1. The molecule has 0 bridgehead atoms. The molecule has 1 unspecified atom stereocenters. The second kappa shape index (κ2) is 4.87. The fourth-order valence-corrected chi connectivity index (χ4v) is 3.52. The lowest BCUT2D eigenvalue weighted by Crippen LogP contribution is -2.42. The third-order valence-electron chi connectivity index (χ3n) is 3.31. The lowest BCUT2D eigenvalue weighted by molar-refractivity contribution is 0.314. The van der Waals surface area contributed by atoms with Gasteiger partial charge in [-0.05, 0) is 29.7 Å². The Labute approximate surface area is 108 Å². The van der Waals surface area contributed by atoms with Crippen LogP contribution in [0.1, 0.15) is 17.2 Å². The second-order valence-corrected chi connectivity index (χ2v) is 6.38. The first-order chi connectivity index (χ1) is 8.47. The zero-order valence-corrected chi connectivity index (χ0v) is 11.4. The SMILES string of the molecule is COc1ccc2c(c1)CCN(S(C)(=O)=O)C2CN. The molecule has 0 aromatic heterocycles. The largest absolute Gasteiger partial charge is 0.497 e. The number of fused-ring (bicyclic) bond motifs is 1. The first-order valence-electron chi connectivity index (χ1n) is 5.81. The van der Waals surface area contributed by atoms with E-state index in [1.165, 1.54) is 10.6 Å². The zero-order valence-electron chi connectivity index (χ0n) is 10.6. The van der Waals surface area contributed by atoms with E-state index in [1.807, 2.05) is 18.2 Å². The van der Waals surface area contributed by atoms with Crippen LogP contribution in [-0.4, -0.2) is 39.2 Å². The number of benzene rings is 1. The first kappa shape index (κ1) is 13.3. The molecule has 0 fully saturated rings. The van der Waals surface area contributed by atoms with Gasteiger partial charge >= 0.3 is 0 Å². The van der Waals surface area contributed by atoms with Crippen molar-refractivity contribution in [2.75, 3.05) is 26.5 Å². The van der Waals surface area contributed by atoms with Gasteiger partial charge in [0.15, 0.2) is 0 Å². The van der Waals surface area contributed by atoms with Crippen LogP contribution in [0.3, 0.4) is 0 Å². The molecule has 0 spiro atoms. The van der Waals surface area contributed by atoms with Gasteiger partial charge in [0, 0.05) is 13.1 Å². The molecular weight excluding hydrogens is 252 g/mol. The van der Waals surface area contributed by atoms with E-state index in [2.05, 4.69) is 0 Å². The van der Waals surface area contributed by atoms with Crippen molar-refractivity contribution in [3.63, 3.8) is 0 Å². The van der Waals surface area contributed by atoms with Crippen molar-refractivity contribution in [1.82, 2.24) is 4.31 Å². The van der Waals surface area contributed by atoms with Crippen LogP contribution in [0, 0.1) is 0 Å². The van der Waals surface area contributed by atoms with E-state index in [-0.39, 0.29) is 12.6 Å². The lowest BCUT2D eigenvalue weighted by atomic mass is 9.94. The number of sulfonamides is 1. The predicted molar refractivity (Wildman–Crippen MR) is 70.0 cm³/mol. The van der Waals surface area contributed by atoms with Crippen molar-refractivity contribution in [1.29, 1.82) is 0 Å². The highest BCUT2D eigenvalue weighted by Crippen LogP contribution is 2.32. The molecule has 5 nitrogen and oxygen atoms in total. The maximum Gasteiger partial charge on any atom is 0.211 e. The van der Waals surface area contributed by atoms with Gasteiger partial charge in [-0.3, -0.25) is 0 Å². The molecule has 2 rings (SSSR count). The summed E-state index contributed by atoms with van der Waals surface area (Å²) in [4.78, 5) is 0. The third-order valence-corrected chi connectivity index (χ3v) is 4.60. The third kappa shape index (κ3) is 2.36. The molecule has 0 saturated heterocycles. The van der Waals surface area contributed by atoms with Crippen molar-refractivity contribution < 1.29 is 13.2 Å². The second-order valence-electron chi connectivity index (χ2n) is 4.44. The van der Waals surface area contributed by atoms with Gasteiger partial charge in [-0.15, -0.1) is 0 Å². The fraction of sp³-hybridized carbons (Fsp3) is 0.500. The van der Waals surface area contributed by atoms with Crippen molar-refractivity contribution in [2.45, 2.75) is 12.5 Å². The smallest absolute Gasteiger partial charge is 0.211 e. The number of ether oxygens (including phenoxy) is 1. The molecule has 0 radical (unpaired) electrons. The van der Waals surface area contributed by atoms with E-state index in [0.29, 0.717) is 13.0 Å². The van der Waals surface area contributed by atoms with Crippen LogP contribution in [0.15, 0.2) is 18.2 Å². The Kier molecular flexibility index (Phi) is 3.61. The van der Waals surface area contributed by atoms with Crippen LogP contribution in [0.25, 0.3) is 0 Å². The maximum absolute atomic E-state index is 11.7. The zero-order chi connectivity index (χ0) is 13.3. The van der Waals surface area contributed by atoms with Gasteiger partial charge in [0.2, 0.25) is 10.0 Å². The predicted octanol–water partition coefficient (Wildman–Crippen LogP) is 0.513. The van der Waals surface area contributed by atoms with Crippen molar-refractivity contribution in [2.24, 2.45) is 5.73 Å². The van der Waals surface area contributed by atoms with Crippen molar-refractivity contribution in [3.8, 4) is 5.75 Å². The Morgan fingerprint density at radius 3 is 2.78 bits per heavy atom. The van der Waals surface area contributed by atoms with Crippen LogP contribution < -0.4 is 10.5 Å². The Balaban J connectivity index is 2.44. The minimum atomic E-state index is -3.22. The summed E-state index contributed by atoms with van der Waals surface area (Å²) >= 11 is 0. The standard InChI is InChI=1S/C12H18N2O3S/c1-17-10-3-4-11-9(7-10)5-6-14(12(11)8-13)18(2,15)16/h3-4,7,12H,5-6,8,13H2,1-2H3. The molecule has 1 aliphatic heterocycles. The van der Waals surface area contributed by atoms with E-state index in [9.17, 15) is 8.42 Å². The molecule has 0 saturated carbocycles. The summed E-state index contributed by atoms with van der Waals surface area (Å²) in [6.45, 7) is 0.757. The van der Waals surface area contributed by atoms with Gasteiger partial charge in [-0.1, -0.05) is 6.07 Å². The Morgan fingerprint density at radius 2 is 2.22 bits per heavy atom. The van der Waals surface area contributed by atoms with Crippen molar-refractivity contribution >= 4 is 10.0 Å². The van der Waals surface area contributed by atoms with Gasteiger partial charge in [0.05, 0.1) is 19.4 Å². The fourth-order valence-electron chi connectivity index (χ4n) is 2.43. The minimum Gasteiger partial charge on any atom is -0.497 e. The first-order valence-corrected chi connectivity index (χ1v) is 7.66. The highest BCUT2D eigenvalue weighted by atomic mass is 32.2. The molecule has 1 atom stereocenters. The molecule has 18 heavy (non-hydrogen) atoms. The summed E-state index contributed by atoms with van der Waals surface area (Å²) in [5.74, 6) is 0.789. The van der Waals surface area contributed by atoms with E-state index in [1.54, 1.807) is 7.11 Å². The van der Waals surface area contributed by atoms with Crippen LogP contribution in [0.4, 0.5) is 0 Å². The number of hydrogen-bond donors (Lipinski definition) is 1. The average molecular weight is 270 g/mol. The van der Waals surface area contributed by atoms with E-state index in [0.717, 1.165) is 16.9 Å². The van der Waals surface area contributed by atoms with Crippen LogP contribution in [0.2, 0.25) is 0 Å². The van der Waals surface area contributed by atoms with E-state index in [4.69, 9.17) is 10.5 Å². The summed E-state index contributed by atoms with van der Waals surface area (Å²) in [5.41, 5.74) is 7.84. The van der Waals surface area contributed by atoms with Gasteiger partial charge in [0.1, 0.15) is 5.75 Å². The summed E-state index contributed by atoms with van der Waals surface area (Å²) in [7, 11) is -1.60. The molecule has 0 amide bonds. The Morgan fingerprint density at radius 1 is 1.50 bits per heavy atom. The molecule has 2 N–H and O–H groups in total. The summed E-state index contributed by atoms with van der Waals surface area (Å²) in [6, 6.07) is 5.43. The van der Waals surface area contributed by atoms with Crippen LogP contribution >= 0.6 is 0 Å². The normalized spacial score (nSPS) is 20.5. The molecule has 6 heteroatoms. The average Bonchev–Trinajstić information content (AvgIpc) is 2.35. The number of nitrogens with zero attached hydrogens (tertiary/aromatic N) is 1. The van der Waals surface area contributed by atoms with Gasteiger partial charge in [-0.25, -0.2) is 8.42 Å². The molecule has 1 heterocycles. The Bertz CT molecular complexity index is 542. The highest BCUT2D eigenvalue weighted by Gasteiger charge is 2.32. The van der Waals surface area contributed by atoms with Gasteiger partial charge in [0.25, 0.3) is 0 Å². The van der Waals surface area contributed by atoms with E-state index >= 15 is 0 Å². The Hall–Kier alpha value is -1.11. The molecule has 1 aromatic carbocycles. The maximum atomic E-state index is 11.7. The quantitative estimate of drug-likeness (QED) is 0.868. The topological polar surface area (TPSA) is 72.6 Å². The highest BCUT2D eigenvalue weighted by molar-refractivity contribution is 7.88. The van der Waals surface area contributed by atoms with Gasteiger partial charge < -0.3 is 10.5 Å². The lowest BCUT2D eigenvalue weighted by Gasteiger charge is -2.34. The molecule has 100 valence electrons. The van der Waals surface area contributed by atoms with Crippen molar-refractivity contribution in [3.05, 3.63) is 29.3 Å². The monoisotopic (exact) mass is 270 g/mol. The molecule has 0 aliphatic carbocycles. The van der Waals surface area contributed by atoms with Gasteiger partial charge in [-0.2, -0.15) is 4.31 Å². The molecule has 1 aromatic rings. The number of rotatable bonds is 3. The number of methoxy groups -OCH3 is 1. The number of hydrogen-bond acceptors (Lipinski definition) is 4. The van der Waals surface area contributed by atoms with Crippen LogP contribution in [0.5, 0.6) is 5.75 Å². The molecule has 1 aliphatic rings. The summed E-state index contributed by atoms with van der Waals surface area (Å²) < 4.78 is 30.1. The van der Waals surface area contributed by atoms with E-state index < -0.39 is 10.0 Å². The summed E-state index contributed by atoms with van der Waals surface area (Å²) in [5, 5.41) is 0. The minimum absolute atomic E-state index is 0.269.